The first-order valence-electron chi connectivity index (χ1n) is 5.89. The van der Waals surface area contributed by atoms with Crippen LogP contribution >= 0.6 is 0 Å². The molecule has 0 aliphatic carbocycles. The van der Waals surface area contributed by atoms with E-state index >= 15 is 0 Å². The Morgan fingerprint density at radius 3 is 2.68 bits per heavy atom. The highest BCUT2D eigenvalue weighted by Crippen LogP contribution is 2.29. The first-order chi connectivity index (χ1) is 8.93. The van der Waals surface area contributed by atoms with Crippen molar-refractivity contribution < 1.29 is 23.0 Å². The largest absolute Gasteiger partial charge is 0.432 e. The minimum atomic E-state index is -3.11. The van der Waals surface area contributed by atoms with E-state index in [-0.39, 0.29) is 17.9 Å². The number of halogens is 3. The van der Waals surface area contributed by atoms with Crippen molar-refractivity contribution in [2.75, 3.05) is 17.6 Å². The number of aliphatic hydroxyl groups excluding tert-OH is 1. The SMILES string of the molecule is CCCC(O)CNc1cc(OC(F)F)c(F)cc1N. The van der Waals surface area contributed by atoms with Gasteiger partial charge in [0, 0.05) is 18.7 Å². The van der Waals surface area contributed by atoms with E-state index in [1.165, 1.54) is 0 Å². The lowest BCUT2D eigenvalue weighted by atomic mass is 10.2. The van der Waals surface area contributed by atoms with Crippen LogP contribution in [0.2, 0.25) is 0 Å². The van der Waals surface area contributed by atoms with Crippen LogP contribution in [-0.4, -0.2) is 24.4 Å². The zero-order valence-electron chi connectivity index (χ0n) is 10.5. The molecule has 4 N–H and O–H groups in total. The monoisotopic (exact) mass is 278 g/mol. The summed E-state index contributed by atoms with van der Waals surface area (Å²) in [6.45, 7) is -1.00. The molecule has 0 aliphatic rings. The molecule has 4 nitrogen and oxygen atoms in total. The number of rotatable bonds is 7. The number of anilines is 2. The predicted molar refractivity (Wildman–Crippen MR) is 66.8 cm³/mol. The number of ether oxygens (including phenoxy) is 1. The molecule has 1 aromatic carbocycles. The Balaban J connectivity index is 2.77. The standard InChI is InChI=1S/C12H17F3N2O2/c1-2-3-7(18)6-17-10-5-11(19-12(14)15)8(13)4-9(10)16/h4-5,7,12,17-18H,2-3,6,16H2,1H3. The van der Waals surface area contributed by atoms with E-state index in [1.54, 1.807) is 0 Å². The summed E-state index contributed by atoms with van der Waals surface area (Å²) in [7, 11) is 0. The summed E-state index contributed by atoms with van der Waals surface area (Å²) in [4.78, 5) is 0. The zero-order valence-corrected chi connectivity index (χ0v) is 10.5. The van der Waals surface area contributed by atoms with Crippen LogP contribution in [0.5, 0.6) is 5.75 Å². The third-order valence-electron chi connectivity index (χ3n) is 2.47. The van der Waals surface area contributed by atoms with Crippen LogP contribution in [0.25, 0.3) is 0 Å². The molecule has 0 heterocycles. The van der Waals surface area contributed by atoms with E-state index in [0.717, 1.165) is 18.6 Å². The van der Waals surface area contributed by atoms with Crippen molar-refractivity contribution in [3.63, 3.8) is 0 Å². The van der Waals surface area contributed by atoms with E-state index in [4.69, 9.17) is 5.73 Å². The molecule has 0 bridgehead atoms. The van der Waals surface area contributed by atoms with Crippen molar-refractivity contribution in [2.45, 2.75) is 32.5 Å². The normalized spacial score (nSPS) is 12.5. The summed E-state index contributed by atoms with van der Waals surface area (Å²) in [5.74, 6) is -1.55. The fourth-order valence-corrected chi connectivity index (χ4v) is 1.57. The Bertz CT molecular complexity index is 416. The van der Waals surface area contributed by atoms with Crippen molar-refractivity contribution in [3.8, 4) is 5.75 Å². The van der Waals surface area contributed by atoms with Crippen LogP contribution in [0.15, 0.2) is 12.1 Å². The molecule has 0 amide bonds. The van der Waals surface area contributed by atoms with Gasteiger partial charge in [-0.3, -0.25) is 0 Å². The maximum atomic E-state index is 13.3. The lowest BCUT2D eigenvalue weighted by Crippen LogP contribution is -2.19. The molecular weight excluding hydrogens is 261 g/mol. The maximum Gasteiger partial charge on any atom is 0.387 e. The first-order valence-corrected chi connectivity index (χ1v) is 5.89. The molecule has 0 aliphatic heterocycles. The second kappa shape index (κ2) is 7.08. The average molecular weight is 278 g/mol. The number of nitrogens with two attached hydrogens (primary N) is 1. The van der Waals surface area contributed by atoms with Crippen LogP contribution in [0, 0.1) is 5.82 Å². The first kappa shape index (κ1) is 15.4. The minimum Gasteiger partial charge on any atom is -0.432 e. The van der Waals surface area contributed by atoms with Gasteiger partial charge in [-0.2, -0.15) is 8.78 Å². The molecule has 108 valence electrons. The van der Waals surface area contributed by atoms with Gasteiger partial charge in [-0.25, -0.2) is 4.39 Å². The highest BCUT2D eigenvalue weighted by molar-refractivity contribution is 5.68. The van der Waals surface area contributed by atoms with Crippen molar-refractivity contribution in [1.82, 2.24) is 0 Å². The quantitative estimate of drug-likeness (QED) is 0.671. The van der Waals surface area contributed by atoms with Crippen LogP contribution in [0.4, 0.5) is 24.5 Å². The highest BCUT2D eigenvalue weighted by Gasteiger charge is 2.14. The van der Waals surface area contributed by atoms with E-state index in [0.29, 0.717) is 6.42 Å². The molecule has 0 fully saturated rings. The van der Waals surface area contributed by atoms with Crippen LogP contribution in [0.1, 0.15) is 19.8 Å². The van der Waals surface area contributed by atoms with Gasteiger partial charge in [-0.1, -0.05) is 13.3 Å². The van der Waals surface area contributed by atoms with Crippen molar-refractivity contribution in [1.29, 1.82) is 0 Å². The van der Waals surface area contributed by atoms with E-state index in [9.17, 15) is 18.3 Å². The number of nitrogen functional groups attached to an aromatic ring is 1. The molecule has 19 heavy (non-hydrogen) atoms. The van der Waals surface area contributed by atoms with Crippen LogP contribution in [-0.2, 0) is 0 Å². The Kier molecular flexibility index (Phi) is 5.75. The summed E-state index contributed by atoms with van der Waals surface area (Å²) >= 11 is 0. The molecule has 0 radical (unpaired) electrons. The van der Waals surface area contributed by atoms with Crippen molar-refractivity contribution >= 4 is 11.4 Å². The van der Waals surface area contributed by atoms with Gasteiger partial charge in [0.05, 0.1) is 17.5 Å². The summed E-state index contributed by atoms with van der Waals surface area (Å²) in [5, 5.41) is 12.3. The van der Waals surface area contributed by atoms with Crippen LogP contribution < -0.4 is 15.8 Å². The fraction of sp³-hybridized carbons (Fsp3) is 0.500. The number of nitrogens with one attached hydrogen (secondary N) is 1. The molecule has 1 unspecified atom stereocenters. The molecule has 1 aromatic rings. The molecule has 0 saturated carbocycles. The number of benzene rings is 1. The Morgan fingerprint density at radius 1 is 1.42 bits per heavy atom. The van der Waals surface area contributed by atoms with E-state index in [1.807, 2.05) is 6.92 Å². The number of hydrogen-bond donors (Lipinski definition) is 3. The van der Waals surface area contributed by atoms with Gasteiger partial charge in [0.1, 0.15) is 0 Å². The van der Waals surface area contributed by atoms with Gasteiger partial charge in [0.25, 0.3) is 0 Å². The fourth-order valence-electron chi connectivity index (χ4n) is 1.57. The number of aliphatic hydroxyl groups is 1. The van der Waals surface area contributed by atoms with Gasteiger partial charge in [-0.05, 0) is 6.42 Å². The average Bonchev–Trinajstić information content (AvgIpc) is 2.31. The van der Waals surface area contributed by atoms with E-state index < -0.39 is 24.3 Å². The summed E-state index contributed by atoms with van der Waals surface area (Å²) < 4.78 is 41.5. The third kappa shape index (κ3) is 4.86. The molecule has 0 aromatic heterocycles. The minimum absolute atomic E-state index is 0.0582. The second-order valence-corrected chi connectivity index (χ2v) is 4.07. The molecule has 1 atom stereocenters. The van der Waals surface area contributed by atoms with Crippen molar-refractivity contribution in [2.24, 2.45) is 0 Å². The molecule has 0 spiro atoms. The van der Waals surface area contributed by atoms with Gasteiger partial charge < -0.3 is 20.9 Å². The molecule has 7 heteroatoms. The molecule has 1 rings (SSSR count). The maximum absolute atomic E-state index is 13.3. The van der Waals surface area contributed by atoms with Gasteiger partial charge in [-0.15, -0.1) is 0 Å². The second-order valence-electron chi connectivity index (χ2n) is 4.07. The summed E-state index contributed by atoms with van der Waals surface area (Å²) in [6.07, 6.45) is 0.810. The molecular formula is C12H17F3N2O2. The van der Waals surface area contributed by atoms with E-state index in [2.05, 4.69) is 10.1 Å². The van der Waals surface area contributed by atoms with Crippen LogP contribution in [0.3, 0.4) is 0 Å². The van der Waals surface area contributed by atoms with Crippen molar-refractivity contribution in [3.05, 3.63) is 17.9 Å². The predicted octanol–water partition coefficient (Wildman–Crippen LogP) is 2.58. The highest BCUT2D eigenvalue weighted by atomic mass is 19.3. The lowest BCUT2D eigenvalue weighted by molar-refractivity contribution is -0.0521. The third-order valence-corrected chi connectivity index (χ3v) is 2.47. The molecule has 0 saturated heterocycles. The van der Waals surface area contributed by atoms with Gasteiger partial charge >= 0.3 is 6.61 Å². The smallest absolute Gasteiger partial charge is 0.387 e. The topological polar surface area (TPSA) is 67.5 Å². The Morgan fingerprint density at radius 2 is 2.11 bits per heavy atom. The number of alkyl halides is 2. The lowest BCUT2D eigenvalue weighted by Gasteiger charge is -2.15. The Labute approximate surface area is 109 Å². The summed E-state index contributed by atoms with van der Waals surface area (Å²) in [6, 6.07) is 1.95. The summed E-state index contributed by atoms with van der Waals surface area (Å²) in [5.41, 5.74) is 5.86. The van der Waals surface area contributed by atoms with Gasteiger partial charge in [0.2, 0.25) is 0 Å². The van der Waals surface area contributed by atoms with Gasteiger partial charge in [0.15, 0.2) is 11.6 Å². The zero-order chi connectivity index (χ0) is 14.4. The number of hydrogen-bond acceptors (Lipinski definition) is 4. The Hall–Kier alpha value is -1.63.